The third-order valence-corrected chi connectivity index (χ3v) is 4.62. The van der Waals surface area contributed by atoms with Gasteiger partial charge in [0.05, 0.1) is 6.61 Å². The number of rotatable bonds is 4. The smallest absolute Gasteiger partial charge is 0.223 e. The summed E-state index contributed by atoms with van der Waals surface area (Å²) < 4.78 is 5.05. The van der Waals surface area contributed by atoms with Crippen LogP contribution < -0.4 is 11.1 Å². The van der Waals surface area contributed by atoms with Gasteiger partial charge in [-0.2, -0.15) is 0 Å². The molecule has 1 rings (SSSR count). The largest absolute Gasteiger partial charge is 0.383 e. The Labute approximate surface area is 111 Å². The third kappa shape index (κ3) is 3.23. The molecule has 1 fully saturated rings. The SMILES string of the molecule is COCC(C)NC(=O)C1CCC(N)C(C)C1(C)C. The minimum atomic E-state index is -0.0471. The highest BCUT2D eigenvalue weighted by molar-refractivity contribution is 5.80. The van der Waals surface area contributed by atoms with E-state index in [-0.39, 0.29) is 29.3 Å². The fraction of sp³-hybridized carbons (Fsp3) is 0.929. The van der Waals surface area contributed by atoms with Crippen molar-refractivity contribution in [3.05, 3.63) is 0 Å². The van der Waals surface area contributed by atoms with Gasteiger partial charge in [-0.05, 0) is 31.1 Å². The highest BCUT2D eigenvalue weighted by Gasteiger charge is 2.45. The van der Waals surface area contributed by atoms with Crippen molar-refractivity contribution < 1.29 is 9.53 Å². The number of carbonyl (C=O) groups is 1. The van der Waals surface area contributed by atoms with Crippen molar-refractivity contribution in [3.8, 4) is 0 Å². The van der Waals surface area contributed by atoms with Crippen LogP contribution >= 0.6 is 0 Å². The molecule has 0 aromatic heterocycles. The number of amides is 1. The Morgan fingerprint density at radius 1 is 1.50 bits per heavy atom. The molecule has 0 aliphatic heterocycles. The summed E-state index contributed by atoms with van der Waals surface area (Å²) in [5, 5.41) is 3.04. The topological polar surface area (TPSA) is 64.3 Å². The van der Waals surface area contributed by atoms with E-state index >= 15 is 0 Å². The van der Waals surface area contributed by atoms with E-state index in [0.717, 1.165) is 12.8 Å². The van der Waals surface area contributed by atoms with Crippen LogP contribution in [0.3, 0.4) is 0 Å². The lowest BCUT2D eigenvalue weighted by Gasteiger charge is -2.46. The number of methoxy groups -OCH3 is 1. The first-order chi connectivity index (χ1) is 8.30. The Kier molecular flexibility index (Phi) is 5.17. The fourth-order valence-corrected chi connectivity index (χ4v) is 2.95. The molecule has 0 heterocycles. The van der Waals surface area contributed by atoms with Gasteiger partial charge in [0.2, 0.25) is 5.91 Å². The summed E-state index contributed by atoms with van der Waals surface area (Å²) in [5.74, 6) is 0.551. The maximum atomic E-state index is 12.3. The van der Waals surface area contributed by atoms with Crippen molar-refractivity contribution in [3.63, 3.8) is 0 Å². The molecule has 0 saturated heterocycles. The molecule has 1 aliphatic carbocycles. The van der Waals surface area contributed by atoms with Gasteiger partial charge in [0.25, 0.3) is 0 Å². The number of nitrogens with two attached hydrogens (primary N) is 1. The van der Waals surface area contributed by atoms with E-state index in [1.165, 1.54) is 0 Å². The first-order valence-electron chi connectivity index (χ1n) is 6.85. The molecule has 106 valence electrons. The quantitative estimate of drug-likeness (QED) is 0.802. The molecule has 1 saturated carbocycles. The van der Waals surface area contributed by atoms with Gasteiger partial charge in [-0.25, -0.2) is 0 Å². The number of carbonyl (C=O) groups excluding carboxylic acids is 1. The highest BCUT2D eigenvalue weighted by atomic mass is 16.5. The van der Waals surface area contributed by atoms with Crippen LogP contribution in [0.1, 0.15) is 40.5 Å². The number of hydrogen-bond donors (Lipinski definition) is 2. The van der Waals surface area contributed by atoms with Crippen LogP contribution in [-0.2, 0) is 9.53 Å². The molecular formula is C14H28N2O2. The Bertz CT molecular complexity index is 292. The number of hydrogen-bond acceptors (Lipinski definition) is 3. The van der Waals surface area contributed by atoms with Gasteiger partial charge >= 0.3 is 0 Å². The summed E-state index contributed by atoms with van der Waals surface area (Å²) >= 11 is 0. The summed E-state index contributed by atoms with van der Waals surface area (Å²) in [5.41, 5.74) is 6.07. The molecule has 0 spiro atoms. The Morgan fingerprint density at radius 2 is 2.11 bits per heavy atom. The van der Waals surface area contributed by atoms with Gasteiger partial charge in [0.1, 0.15) is 0 Å². The lowest BCUT2D eigenvalue weighted by molar-refractivity contribution is -0.133. The lowest BCUT2D eigenvalue weighted by atomic mass is 9.61. The predicted molar refractivity (Wildman–Crippen MR) is 73.1 cm³/mol. The number of ether oxygens (including phenoxy) is 1. The molecule has 1 amide bonds. The first-order valence-corrected chi connectivity index (χ1v) is 6.85. The molecule has 0 aromatic rings. The van der Waals surface area contributed by atoms with Crippen LogP contribution in [0.15, 0.2) is 0 Å². The van der Waals surface area contributed by atoms with Crippen LogP contribution in [0.25, 0.3) is 0 Å². The second-order valence-corrected chi connectivity index (χ2v) is 6.27. The summed E-state index contributed by atoms with van der Waals surface area (Å²) in [6.45, 7) is 8.98. The molecule has 18 heavy (non-hydrogen) atoms. The molecule has 0 bridgehead atoms. The number of nitrogens with one attached hydrogen (secondary N) is 1. The zero-order chi connectivity index (χ0) is 13.9. The fourth-order valence-electron chi connectivity index (χ4n) is 2.95. The molecule has 1 aliphatic rings. The molecule has 4 heteroatoms. The van der Waals surface area contributed by atoms with Gasteiger partial charge in [-0.3, -0.25) is 4.79 Å². The second kappa shape index (κ2) is 6.02. The van der Waals surface area contributed by atoms with E-state index in [9.17, 15) is 4.79 Å². The van der Waals surface area contributed by atoms with E-state index in [1.54, 1.807) is 7.11 Å². The van der Waals surface area contributed by atoms with Gasteiger partial charge in [-0.1, -0.05) is 20.8 Å². The van der Waals surface area contributed by atoms with E-state index in [2.05, 4.69) is 26.1 Å². The second-order valence-electron chi connectivity index (χ2n) is 6.27. The molecule has 0 aromatic carbocycles. The molecule has 4 unspecified atom stereocenters. The molecule has 4 atom stereocenters. The minimum absolute atomic E-state index is 0.0471. The lowest BCUT2D eigenvalue weighted by Crippen LogP contribution is -2.53. The van der Waals surface area contributed by atoms with Crippen molar-refractivity contribution >= 4 is 5.91 Å². The zero-order valence-electron chi connectivity index (χ0n) is 12.3. The summed E-state index contributed by atoms with van der Waals surface area (Å²) in [6, 6.07) is 0.268. The van der Waals surface area contributed by atoms with Crippen LogP contribution in [0.5, 0.6) is 0 Å². The van der Waals surface area contributed by atoms with Crippen molar-refractivity contribution in [2.45, 2.75) is 52.6 Å². The Balaban J connectivity index is 2.67. The monoisotopic (exact) mass is 256 g/mol. The van der Waals surface area contributed by atoms with E-state index in [0.29, 0.717) is 12.5 Å². The average Bonchev–Trinajstić information content (AvgIpc) is 2.26. The normalized spacial score (nSPS) is 32.9. The van der Waals surface area contributed by atoms with Gasteiger partial charge in [0.15, 0.2) is 0 Å². The zero-order valence-corrected chi connectivity index (χ0v) is 12.3. The standard InChI is InChI=1S/C14H28N2O2/c1-9(8-18-5)16-13(17)11-6-7-12(15)10(2)14(11,3)4/h9-12H,6-8,15H2,1-5H3,(H,16,17). The van der Waals surface area contributed by atoms with Gasteiger partial charge < -0.3 is 15.8 Å². The summed E-state index contributed by atoms with van der Waals surface area (Å²) in [7, 11) is 1.65. The van der Waals surface area contributed by atoms with Crippen LogP contribution in [-0.4, -0.2) is 31.7 Å². The highest BCUT2D eigenvalue weighted by Crippen LogP contribution is 2.44. The summed E-state index contributed by atoms with van der Waals surface area (Å²) in [4.78, 5) is 12.3. The third-order valence-electron chi connectivity index (χ3n) is 4.62. The predicted octanol–water partition coefficient (Wildman–Crippen LogP) is 1.54. The van der Waals surface area contributed by atoms with Crippen molar-refractivity contribution in [1.82, 2.24) is 5.32 Å². The Hall–Kier alpha value is -0.610. The van der Waals surface area contributed by atoms with Gasteiger partial charge in [0, 0.05) is 25.1 Å². The van der Waals surface area contributed by atoms with Crippen LogP contribution in [0.4, 0.5) is 0 Å². The van der Waals surface area contributed by atoms with Crippen LogP contribution in [0.2, 0.25) is 0 Å². The average molecular weight is 256 g/mol. The van der Waals surface area contributed by atoms with E-state index in [4.69, 9.17) is 10.5 Å². The van der Waals surface area contributed by atoms with E-state index in [1.807, 2.05) is 6.92 Å². The molecule has 0 radical (unpaired) electrons. The first kappa shape index (κ1) is 15.4. The molecular weight excluding hydrogens is 228 g/mol. The summed E-state index contributed by atoms with van der Waals surface area (Å²) in [6.07, 6.45) is 1.81. The Morgan fingerprint density at radius 3 is 2.67 bits per heavy atom. The molecule has 3 N–H and O–H groups in total. The van der Waals surface area contributed by atoms with Gasteiger partial charge in [-0.15, -0.1) is 0 Å². The van der Waals surface area contributed by atoms with Crippen molar-refractivity contribution in [2.75, 3.05) is 13.7 Å². The maximum Gasteiger partial charge on any atom is 0.223 e. The van der Waals surface area contributed by atoms with E-state index < -0.39 is 0 Å². The van der Waals surface area contributed by atoms with Crippen molar-refractivity contribution in [1.29, 1.82) is 0 Å². The van der Waals surface area contributed by atoms with Crippen molar-refractivity contribution in [2.24, 2.45) is 23.0 Å². The molecule has 4 nitrogen and oxygen atoms in total. The minimum Gasteiger partial charge on any atom is -0.383 e. The van der Waals surface area contributed by atoms with Crippen LogP contribution in [0, 0.1) is 17.3 Å². The maximum absolute atomic E-state index is 12.3.